The third kappa shape index (κ3) is 4.10. The second kappa shape index (κ2) is 6.65. The van der Waals surface area contributed by atoms with Crippen LogP contribution in [0.25, 0.3) is 0 Å². The van der Waals surface area contributed by atoms with E-state index < -0.39 is 0 Å². The molecule has 90 valence electrons. The van der Waals surface area contributed by atoms with Gasteiger partial charge in [-0.2, -0.15) is 0 Å². The summed E-state index contributed by atoms with van der Waals surface area (Å²) in [6.07, 6.45) is 2.17. The molecule has 3 heteroatoms. The summed E-state index contributed by atoms with van der Waals surface area (Å²) in [5.41, 5.74) is 1.27. The zero-order valence-corrected chi connectivity index (χ0v) is 13.1. The van der Waals surface area contributed by atoms with Crippen LogP contribution < -0.4 is 4.74 Å². The second-order valence-corrected chi connectivity index (χ2v) is 6.35. The van der Waals surface area contributed by atoms with Crippen molar-refractivity contribution in [2.24, 2.45) is 5.92 Å². The van der Waals surface area contributed by atoms with Gasteiger partial charge in [-0.05, 0) is 42.5 Å². The molecule has 1 rings (SSSR count). The molecule has 1 aromatic carbocycles. The van der Waals surface area contributed by atoms with Gasteiger partial charge in [-0.25, -0.2) is 0 Å². The van der Waals surface area contributed by atoms with Gasteiger partial charge in [0.25, 0.3) is 0 Å². The van der Waals surface area contributed by atoms with E-state index in [1.165, 1.54) is 5.56 Å². The van der Waals surface area contributed by atoms with Crippen molar-refractivity contribution in [3.8, 4) is 5.75 Å². The van der Waals surface area contributed by atoms with Crippen molar-refractivity contribution < 1.29 is 4.74 Å². The van der Waals surface area contributed by atoms with E-state index in [1.54, 1.807) is 7.11 Å². The van der Waals surface area contributed by atoms with Crippen LogP contribution in [0.2, 0.25) is 0 Å². The molecule has 1 atom stereocenters. The first kappa shape index (κ1) is 14.0. The van der Waals surface area contributed by atoms with Gasteiger partial charge in [-0.15, -0.1) is 0 Å². The molecule has 0 aliphatic heterocycles. The van der Waals surface area contributed by atoms with Crippen molar-refractivity contribution in [2.45, 2.75) is 31.5 Å². The van der Waals surface area contributed by atoms with Gasteiger partial charge in [0.05, 0.1) is 7.11 Å². The molecule has 0 saturated heterocycles. The third-order valence-electron chi connectivity index (χ3n) is 2.66. The summed E-state index contributed by atoms with van der Waals surface area (Å²) in [5.74, 6) is 1.64. The lowest BCUT2D eigenvalue weighted by molar-refractivity contribution is 0.408. The van der Waals surface area contributed by atoms with Gasteiger partial charge >= 0.3 is 0 Å². The summed E-state index contributed by atoms with van der Waals surface area (Å²) in [4.78, 5) is 0.566. The number of hydrogen-bond acceptors (Lipinski definition) is 1. The summed E-state index contributed by atoms with van der Waals surface area (Å²) < 4.78 is 6.47. The molecule has 0 radical (unpaired) electrons. The Hall–Kier alpha value is -0.0200. The zero-order chi connectivity index (χ0) is 12.1. The smallest absolute Gasteiger partial charge is 0.122 e. The van der Waals surface area contributed by atoms with E-state index in [0.717, 1.165) is 23.1 Å². The summed E-state index contributed by atoms with van der Waals surface area (Å²) in [6.45, 7) is 4.47. The van der Waals surface area contributed by atoms with Gasteiger partial charge in [-0.3, -0.25) is 0 Å². The lowest BCUT2D eigenvalue weighted by Crippen LogP contribution is -2.08. The molecule has 0 amide bonds. The predicted molar refractivity (Wildman–Crippen MR) is 76.6 cm³/mol. The van der Waals surface area contributed by atoms with Crippen LogP contribution in [0, 0.1) is 5.92 Å². The summed E-state index contributed by atoms with van der Waals surface area (Å²) in [6, 6.07) is 6.16. The molecule has 1 unspecified atom stereocenters. The molecule has 0 aliphatic carbocycles. The Morgan fingerprint density at radius 2 is 2.00 bits per heavy atom. The first-order chi connectivity index (χ1) is 7.54. The third-order valence-corrected chi connectivity index (χ3v) is 4.66. The standard InChI is InChI=1S/C13H18Br2O/c1-9(2)12(15)6-4-10-8-11(14)5-7-13(10)16-3/h5,7-9,12H,4,6H2,1-3H3. The maximum atomic E-state index is 5.36. The molecule has 0 fully saturated rings. The van der Waals surface area contributed by atoms with Gasteiger partial charge in [0.15, 0.2) is 0 Å². The molecule has 0 aromatic heterocycles. The minimum atomic E-state index is 0.566. The van der Waals surface area contributed by atoms with Crippen molar-refractivity contribution in [1.29, 1.82) is 0 Å². The molecule has 0 N–H and O–H groups in total. The van der Waals surface area contributed by atoms with Crippen LogP contribution >= 0.6 is 31.9 Å². The minimum absolute atomic E-state index is 0.566. The minimum Gasteiger partial charge on any atom is -0.496 e. The highest BCUT2D eigenvalue weighted by molar-refractivity contribution is 9.10. The van der Waals surface area contributed by atoms with Crippen LogP contribution in [0.15, 0.2) is 22.7 Å². The normalized spacial score (nSPS) is 12.9. The maximum absolute atomic E-state index is 5.36. The number of rotatable bonds is 5. The highest BCUT2D eigenvalue weighted by Crippen LogP contribution is 2.26. The second-order valence-electron chi connectivity index (χ2n) is 4.25. The van der Waals surface area contributed by atoms with Crippen molar-refractivity contribution in [2.75, 3.05) is 7.11 Å². The fourth-order valence-corrected chi connectivity index (χ4v) is 2.21. The van der Waals surface area contributed by atoms with Gasteiger partial charge in [-0.1, -0.05) is 45.7 Å². The van der Waals surface area contributed by atoms with Crippen LogP contribution in [0.3, 0.4) is 0 Å². The van der Waals surface area contributed by atoms with E-state index in [1.807, 2.05) is 12.1 Å². The topological polar surface area (TPSA) is 9.23 Å². The lowest BCUT2D eigenvalue weighted by atomic mass is 10.0. The van der Waals surface area contributed by atoms with Crippen molar-refractivity contribution in [3.05, 3.63) is 28.2 Å². The Morgan fingerprint density at radius 3 is 2.56 bits per heavy atom. The molecule has 0 bridgehead atoms. The number of benzene rings is 1. The van der Waals surface area contributed by atoms with E-state index in [9.17, 15) is 0 Å². The molecule has 0 heterocycles. The predicted octanol–water partition coefficient (Wildman–Crippen LogP) is 4.81. The summed E-state index contributed by atoms with van der Waals surface area (Å²) >= 11 is 7.21. The zero-order valence-electron chi connectivity index (χ0n) is 9.97. The van der Waals surface area contributed by atoms with E-state index >= 15 is 0 Å². The van der Waals surface area contributed by atoms with Crippen LogP contribution in [0.4, 0.5) is 0 Å². The van der Waals surface area contributed by atoms with Crippen LogP contribution in [0.1, 0.15) is 25.8 Å². The maximum Gasteiger partial charge on any atom is 0.122 e. The number of halogens is 2. The monoisotopic (exact) mass is 348 g/mol. The average molecular weight is 350 g/mol. The average Bonchev–Trinajstić information content (AvgIpc) is 2.25. The molecule has 1 nitrogen and oxygen atoms in total. The number of alkyl halides is 1. The number of ether oxygens (including phenoxy) is 1. The Balaban J connectivity index is 2.68. The Labute approximate surface area is 115 Å². The Morgan fingerprint density at radius 1 is 1.31 bits per heavy atom. The van der Waals surface area contributed by atoms with Gasteiger partial charge in [0.1, 0.15) is 5.75 Å². The first-order valence-corrected chi connectivity index (χ1v) is 7.22. The van der Waals surface area contributed by atoms with E-state index in [2.05, 4.69) is 51.8 Å². The molecule has 0 spiro atoms. The molecule has 1 aromatic rings. The summed E-state index contributed by atoms with van der Waals surface area (Å²) in [5, 5.41) is 0. The number of hydrogen-bond donors (Lipinski definition) is 0. The van der Waals surface area contributed by atoms with Crippen LogP contribution in [-0.2, 0) is 6.42 Å². The van der Waals surface area contributed by atoms with Crippen LogP contribution in [0.5, 0.6) is 5.75 Å². The van der Waals surface area contributed by atoms with E-state index in [-0.39, 0.29) is 0 Å². The molecule has 16 heavy (non-hydrogen) atoms. The number of methoxy groups -OCH3 is 1. The largest absolute Gasteiger partial charge is 0.496 e. The van der Waals surface area contributed by atoms with Crippen molar-refractivity contribution in [3.63, 3.8) is 0 Å². The summed E-state index contributed by atoms with van der Waals surface area (Å²) in [7, 11) is 1.72. The van der Waals surface area contributed by atoms with Gasteiger partial charge in [0.2, 0.25) is 0 Å². The van der Waals surface area contributed by atoms with E-state index in [0.29, 0.717) is 10.7 Å². The quantitative estimate of drug-likeness (QED) is 0.693. The van der Waals surface area contributed by atoms with Crippen molar-refractivity contribution in [1.82, 2.24) is 0 Å². The van der Waals surface area contributed by atoms with Gasteiger partial charge < -0.3 is 4.74 Å². The Bertz CT molecular complexity index is 337. The fourth-order valence-electron chi connectivity index (χ4n) is 1.57. The molecular weight excluding hydrogens is 332 g/mol. The highest BCUT2D eigenvalue weighted by atomic mass is 79.9. The lowest BCUT2D eigenvalue weighted by Gasteiger charge is -2.15. The number of aryl methyl sites for hydroxylation is 1. The first-order valence-electron chi connectivity index (χ1n) is 5.51. The Kier molecular flexibility index (Phi) is 5.84. The van der Waals surface area contributed by atoms with Crippen LogP contribution in [-0.4, -0.2) is 11.9 Å². The van der Waals surface area contributed by atoms with Crippen molar-refractivity contribution >= 4 is 31.9 Å². The highest BCUT2D eigenvalue weighted by Gasteiger charge is 2.11. The SMILES string of the molecule is COc1ccc(Br)cc1CCC(Br)C(C)C. The molecular formula is C13H18Br2O. The molecule has 0 aliphatic rings. The van der Waals surface area contributed by atoms with Gasteiger partial charge in [0, 0.05) is 9.30 Å². The molecule has 0 saturated carbocycles. The van der Waals surface area contributed by atoms with E-state index in [4.69, 9.17) is 4.74 Å². The fraction of sp³-hybridized carbons (Fsp3) is 0.538.